The summed E-state index contributed by atoms with van der Waals surface area (Å²) in [5.41, 5.74) is -0.579. The molecule has 106 valence electrons. The van der Waals surface area contributed by atoms with Gasteiger partial charge >= 0.3 is 5.69 Å². The van der Waals surface area contributed by atoms with E-state index in [-0.39, 0.29) is 11.0 Å². The Labute approximate surface area is 118 Å². The molecule has 2 heterocycles. The van der Waals surface area contributed by atoms with Crippen molar-refractivity contribution >= 4 is 11.0 Å². The van der Waals surface area contributed by atoms with E-state index in [2.05, 4.69) is 5.10 Å². The predicted molar refractivity (Wildman–Crippen MR) is 77.8 cm³/mol. The van der Waals surface area contributed by atoms with Crippen molar-refractivity contribution in [2.24, 2.45) is 14.1 Å². The van der Waals surface area contributed by atoms with Gasteiger partial charge in [0.05, 0.1) is 11.2 Å². The number of hydrogen-bond donors (Lipinski definition) is 0. The number of hydrogen-bond acceptors (Lipinski definition) is 4. The Hall–Kier alpha value is -2.96. The summed E-state index contributed by atoms with van der Waals surface area (Å²) in [4.78, 5) is 36.2. The molecule has 3 aromatic rings. The molecule has 21 heavy (non-hydrogen) atoms. The fraction of sp³-hybridized carbons (Fsp3) is 0.143. The van der Waals surface area contributed by atoms with Crippen molar-refractivity contribution in [2.45, 2.75) is 0 Å². The van der Waals surface area contributed by atoms with Gasteiger partial charge in [-0.3, -0.25) is 18.7 Å². The maximum Gasteiger partial charge on any atom is 0.331 e. The number of aromatic nitrogens is 4. The molecule has 0 N–H and O–H groups in total. The topological polar surface area (TPSA) is 78.9 Å². The van der Waals surface area contributed by atoms with Crippen molar-refractivity contribution in [3.05, 3.63) is 67.6 Å². The van der Waals surface area contributed by atoms with Crippen LogP contribution in [0, 0.1) is 0 Å². The lowest BCUT2D eigenvalue weighted by molar-refractivity contribution is 0.699. The third kappa shape index (κ3) is 1.90. The van der Waals surface area contributed by atoms with Gasteiger partial charge in [0.2, 0.25) is 0 Å². The average molecular weight is 284 g/mol. The first-order valence-electron chi connectivity index (χ1n) is 6.26. The quantitative estimate of drug-likeness (QED) is 0.619. The van der Waals surface area contributed by atoms with Crippen molar-refractivity contribution in [2.75, 3.05) is 0 Å². The highest BCUT2D eigenvalue weighted by molar-refractivity contribution is 5.72. The van der Waals surface area contributed by atoms with Crippen LogP contribution in [0.25, 0.3) is 16.7 Å². The average Bonchev–Trinajstić information content (AvgIpc) is 2.51. The van der Waals surface area contributed by atoms with Gasteiger partial charge in [-0.15, -0.1) is 0 Å². The number of rotatable bonds is 1. The Morgan fingerprint density at radius 3 is 2.29 bits per heavy atom. The minimum absolute atomic E-state index is 0.0723. The fourth-order valence-corrected chi connectivity index (χ4v) is 2.18. The molecule has 3 rings (SSSR count). The number of fused-ring (bicyclic) bond motifs is 1. The van der Waals surface area contributed by atoms with E-state index in [9.17, 15) is 14.4 Å². The summed E-state index contributed by atoms with van der Waals surface area (Å²) >= 11 is 0. The van der Waals surface area contributed by atoms with Crippen LogP contribution >= 0.6 is 0 Å². The molecule has 0 radical (unpaired) electrons. The van der Waals surface area contributed by atoms with Crippen molar-refractivity contribution in [1.82, 2.24) is 18.9 Å². The highest BCUT2D eigenvalue weighted by Gasteiger charge is 2.12. The molecule has 0 amide bonds. The molecule has 0 aliphatic heterocycles. The first-order chi connectivity index (χ1) is 10.0. The van der Waals surface area contributed by atoms with E-state index in [1.807, 2.05) is 6.07 Å². The normalized spacial score (nSPS) is 11.0. The molecule has 0 atom stereocenters. The van der Waals surface area contributed by atoms with Crippen molar-refractivity contribution in [3.63, 3.8) is 0 Å². The number of para-hydroxylation sites is 1. The van der Waals surface area contributed by atoms with Crippen LogP contribution in [0.5, 0.6) is 0 Å². The third-order valence-electron chi connectivity index (χ3n) is 3.35. The summed E-state index contributed by atoms with van der Waals surface area (Å²) < 4.78 is 3.35. The molecule has 0 aliphatic carbocycles. The molecule has 2 aromatic heterocycles. The summed E-state index contributed by atoms with van der Waals surface area (Å²) in [6, 6.07) is 10.0. The summed E-state index contributed by atoms with van der Waals surface area (Å²) in [6.45, 7) is 0. The van der Waals surface area contributed by atoms with E-state index >= 15 is 0 Å². The van der Waals surface area contributed by atoms with Gasteiger partial charge in [0.25, 0.3) is 11.1 Å². The van der Waals surface area contributed by atoms with E-state index < -0.39 is 16.8 Å². The summed E-state index contributed by atoms with van der Waals surface area (Å²) in [6.07, 6.45) is 0. The lowest BCUT2D eigenvalue weighted by atomic mass is 10.3. The highest BCUT2D eigenvalue weighted by atomic mass is 16.2. The van der Waals surface area contributed by atoms with Gasteiger partial charge in [0.15, 0.2) is 5.52 Å². The van der Waals surface area contributed by atoms with Crippen LogP contribution in [0.1, 0.15) is 0 Å². The lowest BCUT2D eigenvalue weighted by Crippen LogP contribution is -2.39. The van der Waals surface area contributed by atoms with Gasteiger partial charge in [0, 0.05) is 20.2 Å². The fourth-order valence-electron chi connectivity index (χ4n) is 2.18. The van der Waals surface area contributed by atoms with Crippen molar-refractivity contribution in [1.29, 1.82) is 0 Å². The molecule has 0 spiro atoms. The summed E-state index contributed by atoms with van der Waals surface area (Å²) in [5.74, 6) is 0. The van der Waals surface area contributed by atoms with Crippen LogP contribution < -0.4 is 16.8 Å². The zero-order valence-electron chi connectivity index (χ0n) is 11.5. The molecule has 7 heteroatoms. The second kappa shape index (κ2) is 4.55. The van der Waals surface area contributed by atoms with Gasteiger partial charge in [-0.2, -0.15) is 9.78 Å². The molecule has 1 aromatic carbocycles. The lowest BCUT2D eigenvalue weighted by Gasteiger charge is -2.09. The number of nitrogens with zero attached hydrogens (tertiary/aromatic N) is 4. The van der Waals surface area contributed by atoms with Crippen LogP contribution in [-0.4, -0.2) is 18.9 Å². The number of benzene rings is 1. The Kier molecular flexibility index (Phi) is 2.83. The first-order valence-corrected chi connectivity index (χ1v) is 6.26. The van der Waals surface area contributed by atoms with Gasteiger partial charge in [-0.1, -0.05) is 18.2 Å². The molecule has 0 aliphatic rings. The largest absolute Gasteiger partial charge is 0.331 e. The van der Waals surface area contributed by atoms with Gasteiger partial charge < -0.3 is 0 Å². The van der Waals surface area contributed by atoms with E-state index in [0.29, 0.717) is 5.69 Å². The Balaban J connectivity index is 2.48. The minimum atomic E-state index is -0.530. The third-order valence-corrected chi connectivity index (χ3v) is 3.35. The van der Waals surface area contributed by atoms with Crippen molar-refractivity contribution in [3.8, 4) is 5.69 Å². The maximum atomic E-state index is 12.2. The molecular formula is C14H12N4O3. The van der Waals surface area contributed by atoms with Crippen LogP contribution in [-0.2, 0) is 14.1 Å². The van der Waals surface area contributed by atoms with Gasteiger partial charge in [-0.05, 0) is 12.1 Å². The molecule has 0 saturated heterocycles. The first kappa shape index (κ1) is 13.0. The second-order valence-electron chi connectivity index (χ2n) is 4.67. The SMILES string of the molecule is Cn1c(=O)c2nn(-c3ccccc3)c(=O)cc2n(C)c1=O. The van der Waals surface area contributed by atoms with Crippen LogP contribution in [0.15, 0.2) is 50.8 Å². The van der Waals surface area contributed by atoms with Gasteiger partial charge in [-0.25, -0.2) is 4.79 Å². The van der Waals surface area contributed by atoms with E-state index in [1.165, 1.54) is 24.7 Å². The van der Waals surface area contributed by atoms with Crippen LogP contribution in [0.4, 0.5) is 0 Å². The van der Waals surface area contributed by atoms with Crippen molar-refractivity contribution < 1.29 is 0 Å². The molecule has 0 bridgehead atoms. The Morgan fingerprint density at radius 1 is 0.952 bits per heavy atom. The second-order valence-corrected chi connectivity index (χ2v) is 4.67. The summed E-state index contributed by atoms with van der Waals surface area (Å²) in [7, 11) is 2.88. The molecule has 0 unspecified atom stereocenters. The monoisotopic (exact) mass is 284 g/mol. The minimum Gasteiger partial charge on any atom is -0.294 e. The van der Waals surface area contributed by atoms with E-state index in [4.69, 9.17) is 0 Å². The van der Waals surface area contributed by atoms with E-state index in [0.717, 1.165) is 9.25 Å². The molecular weight excluding hydrogens is 272 g/mol. The Bertz CT molecular complexity index is 1010. The van der Waals surface area contributed by atoms with E-state index in [1.54, 1.807) is 24.3 Å². The van der Waals surface area contributed by atoms with Gasteiger partial charge in [0.1, 0.15) is 0 Å². The standard InChI is InChI=1S/C14H12N4O3/c1-16-10-8-11(19)18(9-6-4-3-5-7-9)15-12(10)13(20)17(2)14(16)21/h3-8H,1-2H3. The Morgan fingerprint density at radius 2 is 1.62 bits per heavy atom. The zero-order chi connectivity index (χ0) is 15.1. The maximum absolute atomic E-state index is 12.2. The zero-order valence-corrected chi connectivity index (χ0v) is 11.5. The molecule has 7 nitrogen and oxygen atoms in total. The smallest absolute Gasteiger partial charge is 0.294 e. The molecule has 0 saturated carbocycles. The molecule has 0 fully saturated rings. The van der Waals surface area contributed by atoms with Crippen LogP contribution in [0.3, 0.4) is 0 Å². The predicted octanol–water partition coefficient (Wildman–Crippen LogP) is -0.217. The van der Waals surface area contributed by atoms with Crippen LogP contribution in [0.2, 0.25) is 0 Å². The number of aryl methyl sites for hydroxylation is 1. The highest BCUT2D eigenvalue weighted by Crippen LogP contribution is 2.05. The summed E-state index contributed by atoms with van der Waals surface area (Å²) in [5, 5.41) is 4.12.